The van der Waals surface area contributed by atoms with E-state index in [-0.39, 0.29) is 23.9 Å². The second kappa shape index (κ2) is 5.40. The van der Waals surface area contributed by atoms with E-state index in [2.05, 4.69) is 15.3 Å². The van der Waals surface area contributed by atoms with Gasteiger partial charge >= 0.3 is 0 Å². The van der Waals surface area contributed by atoms with Crippen molar-refractivity contribution in [2.45, 2.75) is 6.92 Å². The molecule has 0 aliphatic carbocycles. The van der Waals surface area contributed by atoms with Gasteiger partial charge in [0.05, 0.1) is 17.6 Å². The minimum atomic E-state index is -0.261. The number of carbonyl (C=O) groups is 2. The quantitative estimate of drug-likeness (QED) is 0.435. The Kier molecular flexibility index (Phi) is 3.42. The zero-order chi connectivity index (χ0) is 15.7. The smallest absolute Gasteiger partial charge is 0.217 e. The van der Waals surface area contributed by atoms with Gasteiger partial charge in [-0.05, 0) is 24.3 Å². The van der Waals surface area contributed by atoms with Crippen LogP contribution < -0.4 is 11.1 Å². The number of benzene rings is 1. The molecule has 110 valence electrons. The number of amides is 1. The number of carbonyl (C=O) groups excluding carboxylic acids is 2. The number of aromatic nitrogens is 2. The standard InChI is InChI=1S/C16H14N4O2/c1-9(21)19-8-14(22)13-5-4-11-12(17)7-10-3-2-6-18-15(10)16(11)20-13/h2-7H,8,17H2,1H3,(H,19,21). The van der Waals surface area contributed by atoms with Crippen LogP contribution in [0.3, 0.4) is 0 Å². The van der Waals surface area contributed by atoms with E-state index in [1.807, 2.05) is 18.2 Å². The lowest BCUT2D eigenvalue weighted by Gasteiger charge is -2.08. The summed E-state index contributed by atoms with van der Waals surface area (Å²) >= 11 is 0. The molecule has 0 spiro atoms. The van der Waals surface area contributed by atoms with Gasteiger partial charge in [-0.25, -0.2) is 4.98 Å². The minimum absolute atomic E-state index is 0.0818. The molecule has 3 rings (SSSR count). The lowest BCUT2D eigenvalue weighted by Crippen LogP contribution is -2.27. The van der Waals surface area contributed by atoms with Crippen LogP contribution >= 0.6 is 0 Å². The lowest BCUT2D eigenvalue weighted by molar-refractivity contribution is -0.118. The third kappa shape index (κ3) is 2.46. The zero-order valence-electron chi connectivity index (χ0n) is 12.0. The Morgan fingerprint density at radius 1 is 1.23 bits per heavy atom. The number of anilines is 1. The maximum atomic E-state index is 12.1. The van der Waals surface area contributed by atoms with Crippen LogP contribution in [0.5, 0.6) is 0 Å². The summed E-state index contributed by atoms with van der Waals surface area (Å²) in [5.74, 6) is -0.519. The number of pyridine rings is 2. The van der Waals surface area contributed by atoms with E-state index in [1.165, 1.54) is 6.92 Å². The molecule has 0 unspecified atom stereocenters. The molecule has 22 heavy (non-hydrogen) atoms. The van der Waals surface area contributed by atoms with Gasteiger partial charge in [-0.2, -0.15) is 0 Å². The topological polar surface area (TPSA) is 98.0 Å². The van der Waals surface area contributed by atoms with Gasteiger partial charge in [0, 0.05) is 29.6 Å². The van der Waals surface area contributed by atoms with Gasteiger partial charge in [0.25, 0.3) is 0 Å². The van der Waals surface area contributed by atoms with Crippen LogP contribution in [0.4, 0.5) is 5.69 Å². The highest BCUT2D eigenvalue weighted by Crippen LogP contribution is 2.27. The average molecular weight is 294 g/mol. The predicted octanol–water partition coefficient (Wildman–Crippen LogP) is 1.68. The first-order valence-corrected chi connectivity index (χ1v) is 6.78. The number of ketones is 1. The Hall–Kier alpha value is -3.02. The number of nitrogens with zero attached hydrogens (tertiary/aromatic N) is 2. The zero-order valence-corrected chi connectivity index (χ0v) is 12.0. The molecule has 3 aromatic rings. The van der Waals surface area contributed by atoms with Gasteiger partial charge in [0.1, 0.15) is 5.69 Å². The van der Waals surface area contributed by atoms with E-state index >= 15 is 0 Å². The first-order chi connectivity index (χ1) is 10.6. The molecule has 0 aliphatic heterocycles. The molecular formula is C16H14N4O2. The van der Waals surface area contributed by atoms with Crippen LogP contribution in [0.1, 0.15) is 17.4 Å². The van der Waals surface area contributed by atoms with Crippen molar-refractivity contribution < 1.29 is 9.59 Å². The monoisotopic (exact) mass is 294 g/mol. The second-order valence-electron chi connectivity index (χ2n) is 4.97. The van der Waals surface area contributed by atoms with Crippen LogP contribution in [0.15, 0.2) is 36.5 Å². The molecule has 0 saturated heterocycles. The number of hydrogen-bond donors (Lipinski definition) is 2. The van der Waals surface area contributed by atoms with Crippen molar-refractivity contribution in [3.05, 3.63) is 42.2 Å². The van der Waals surface area contributed by atoms with E-state index in [4.69, 9.17) is 5.73 Å². The molecule has 0 radical (unpaired) electrons. The summed E-state index contributed by atoms with van der Waals surface area (Å²) in [5, 5.41) is 4.09. The predicted molar refractivity (Wildman–Crippen MR) is 84.5 cm³/mol. The summed E-state index contributed by atoms with van der Waals surface area (Å²) < 4.78 is 0. The average Bonchev–Trinajstić information content (AvgIpc) is 2.52. The fraction of sp³-hybridized carbons (Fsp3) is 0.125. The SMILES string of the molecule is CC(=O)NCC(=O)c1ccc2c(N)cc3cccnc3c2n1. The van der Waals surface area contributed by atoms with E-state index in [1.54, 1.807) is 18.3 Å². The van der Waals surface area contributed by atoms with Crippen LogP contribution in [0.25, 0.3) is 21.8 Å². The van der Waals surface area contributed by atoms with E-state index < -0.39 is 0 Å². The van der Waals surface area contributed by atoms with E-state index in [0.717, 1.165) is 10.8 Å². The highest BCUT2D eigenvalue weighted by atomic mass is 16.2. The Bertz CT molecular complexity index is 905. The van der Waals surface area contributed by atoms with E-state index in [0.29, 0.717) is 16.7 Å². The summed E-state index contributed by atoms with van der Waals surface area (Å²) in [7, 11) is 0. The number of nitrogens with one attached hydrogen (secondary N) is 1. The van der Waals surface area contributed by atoms with Gasteiger partial charge in [-0.3, -0.25) is 14.6 Å². The molecule has 0 saturated carbocycles. The maximum absolute atomic E-state index is 12.1. The highest BCUT2D eigenvalue weighted by molar-refractivity contribution is 6.10. The van der Waals surface area contributed by atoms with Gasteiger partial charge in [0.2, 0.25) is 5.91 Å². The summed E-state index contributed by atoms with van der Waals surface area (Å²) in [6, 6.07) is 8.92. The molecule has 2 heterocycles. The van der Waals surface area contributed by atoms with Crippen LogP contribution in [0.2, 0.25) is 0 Å². The molecule has 2 aromatic heterocycles. The van der Waals surface area contributed by atoms with Crippen molar-refractivity contribution >= 4 is 39.2 Å². The van der Waals surface area contributed by atoms with Gasteiger partial charge in [-0.15, -0.1) is 0 Å². The van der Waals surface area contributed by atoms with Crippen molar-refractivity contribution in [1.82, 2.24) is 15.3 Å². The molecule has 1 amide bonds. The molecule has 1 aromatic carbocycles. The number of nitrogen functional groups attached to an aromatic ring is 1. The van der Waals surface area contributed by atoms with Crippen LogP contribution in [-0.4, -0.2) is 28.2 Å². The first-order valence-electron chi connectivity index (χ1n) is 6.78. The Morgan fingerprint density at radius 3 is 2.82 bits per heavy atom. The molecule has 3 N–H and O–H groups in total. The number of Topliss-reactive ketones (excluding diaryl/α,β-unsaturated/α-hetero) is 1. The summed E-state index contributed by atoms with van der Waals surface area (Å²) in [4.78, 5) is 31.7. The summed E-state index contributed by atoms with van der Waals surface area (Å²) in [5.41, 5.74) is 8.18. The summed E-state index contributed by atoms with van der Waals surface area (Å²) in [6.07, 6.45) is 1.67. The molecular weight excluding hydrogens is 280 g/mol. The number of fused-ring (bicyclic) bond motifs is 3. The number of rotatable bonds is 3. The fourth-order valence-electron chi connectivity index (χ4n) is 2.30. The van der Waals surface area contributed by atoms with Crippen LogP contribution in [0, 0.1) is 0 Å². The Morgan fingerprint density at radius 2 is 2.05 bits per heavy atom. The molecule has 0 bridgehead atoms. The highest BCUT2D eigenvalue weighted by Gasteiger charge is 2.12. The first kappa shape index (κ1) is 13.9. The van der Waals surface area contributed by atoms with Gasteiger partial charge in [-0.1, -0.05) is 6.07 Å². The number of hydrogen-bond acceptors (Lipinski definition) is 5. The third-order valence-corrected chi connectivity index (χ3v) is 3.36. The number of nitrogens with two attached hydrogens (primary N) is 1. The van der Waals surface area contributed by atoms with Gasteiger partial charge in [0.15, 0.2) is 5.78 Å². The Labute approximate surface area is 126 Å². The van der Waals surface area contributed by atoms with Crippen LogP contribution in [-0.2, 0) is 4.79 Å². The van der Waals surface area contributed by atoms with Crippen molar-refractivity contribution in [2.75, 3.05) is 12.3 Å². The van der Waals surface area contributed by atoms with Crippen molar-refractivity contribution in [1.29, 1.82) is 0 Å². The third-order valence-electron chi connectivity index (χ3n) is 3.36. The van der Waals surface area contributed by atoms with E-state index in [9.17, 15) is 9.59 Å². The summed E-state index contributed by atoms with van der Waals surface area (Å²) in [6.45, 7) is 1.28. The molecule has 0 aliphatic rings. The molecule has 0 atom stereocenters. The minimum Gasteiger partial charge on any atom is -0.398 e. The van der Waals surface area contributed by atoms with Crippen molar-refractivity contribution in [3.63, 3.8) is 0 Å². The molecule has 6 nitrogen and oxygen atoms in total. The van der Waals surface area contributed by atoms with Crippen molar-refractivity contribution in [3.8, 4) is 0 Å². The lowest BCUT2D eigenvalue weighted by atomic mass is 10.1. The second-order valence-corrected chi connectivity index (χ2v) is 4.97. The normalized spacial score (nSPS) is 10.8. The fourth-order valence-corrected chi connectivity index (χ4v) is 2.30. The molecule has 6 heteroatoms. The van der Waals surface area contributed by atoms with Gasteiger partial charge < -0.3 is 11.1 Å². The maximum Gasteiger partial charge on any atom is 0.217 e. The Balaban J connectivity index is 2.14. The van der Waals surface area contributed by atoms with Crippen molar-refractivity contribution in [2.24, 2.45) is 0 Å². The largest absolute Gasteiger partial charge is 0.398 e. The molecule has 0 fully saturated rings.